The van der Waals surface area contributed by atoms with E-state index < -0.39 is 11.5 Å². The third kappa shape index (κ3) is 1.95. The molecule has 6 heteroatoms. The SMILES string of the molecule is COCC(C)(C)n1nnc2cccc(C(=O)O)c21. The fourth-order valence-electron chi connectivity index (χ4n) is 1.98. The topological polar surface area (TPSA) is 77.2 Å². The third-order valence-electron chi connectivity index (χ3n) is 2.77. The number of para-hydroxylation sites is 1. The lowest BCUT2D eigenvalue weighted by Crippen LogP contribution is -2.33. The third-order valence-corrected chi connectivity index (χ3v) is 2.77. The van der Waals surface area contributed by atoms with E-state index in [1.165, 1.54) is 0 Å². The summed E-state index contributed by atoms with van der Waals surface area (Å²) in [7, 11) is 1.60. The van der Waals surface area contributed by atoms with Gasteiger partial charge in [-0.05, 0) is 26.0 Å². The Bertz CT molecular complexity index is 589. The van der Waals surface area contributed by atoms with Crippen LogP contribution in [-0.4, -0.2) is 39.8 Å². The van der Waals surface area contributed by atoms with Crippen molar-refractivity contribution in [2.75, 3.05) is 13.7 Å². The van der Waals surface area contributed by atoms with Crippen molar-refractivity contribution in [2.45, 2.75) is 19.4 Å². The molecule has 0 aliphatic rings. The lowest BCUT2D eigenvalue weighted by Gasteiger charge is -2.24. The summed E-state index contributed by atoms with van der Waals surface area (Å²) in [6, 6.07) is 4.95. The van der Waals surface area contributed by atoms with Gasteiger partial charge in [-0.2, -0.15) is 0 Å². The Morgan fingerprint density at radius 2 is 2.22 bits per heavy atom. The Morgan fingerprint density at radius 3 is 2.83 bits per heavy atom. The monoisotopic (exact) mass is 249 g/mol. The molecule has 1 N–H and O–H groups in total. The lowest BCUT2D eigenvalue weighted by molar-refractivity contribution is 0.0696. The van der Waals surface area contributed by atoms with E-state index in [-0.39, 0.29) is 5.56 Å². The first-order valence-corrected chi connectivity index (χ1v) is 5.54. The normalized spacial score (nSPS) is 11.9. The highest BCUT2D eigenvalue weighted by molar-refractivity contribution is 6.00. The number of nitrogens with zero attached hydrogens (tertiary/aromatic N) is 3. The van der Waals surface area contributed by atoms with Gasteiger partial charge in [-0.25, -0.2) is 9.48 Å². The Balaban J connectivity index is 2.69. The van der Waals surface area contributed by atoms with Crippen LogP contribution in [0, 0.1) is 0 Å². The molecular weight excluding hydrogens is 234 g/mol. The number of ether oxygens (including phenoxy) is 1. The summed E-state index contributed by atoms with van der Waals surface area (Å²) in [6.07, 6.45) is 0. The number of fused-ring (bicyclic) bond motifs is 1. The second-order valence-electron chi connectivity index (χ2n) is 4.73. The van der Waals surface area contributed by atoms with Gasteiger partial charge in [-0.3, -0.25) is 0 Å². The van der Waals surface area contributed by atoms with Gasteiger partial charge in [-0.1, -0.05) is 11.3 Å². The van der Waals surface area contributed by atoms with Crippen molar-refractivity contribution in [2.24, 2.45) is 0 Å². The molecule has 0 amide bonds. The number of methoxy groups -OCH3 is 1. The maximum absolute atomic E-state index is 11.2. The highest BCUT2D eigenvalue weighted by Gasteiger charge is 2.26. The minimum absolute atomic E-state index is 0.196. The first kappa shape index (κ1) is 12.5. The summed E-state index contributed by atoms with van der Waals surface area (Å²) in [4.78, 5) is 11.2. The number of carboxylic acids is 1. The molecule has 1 aromatic carbocycles. The molecule has 0 saturated carbocycles. The van der Waals surface area contributed by atoms with Crippen LogP contribution in [0.2, 0.25) is 0 Å². The lowest BCUT2D eigenvalue weighted by atomic mass is 10.1. The van der Waals surface area contributed by atoms with Crippen molar-refractivity contribution in [1.82, 2.24) is 15.0 Å². The number of benzene rings is 1. The van der Waals surface area contributed by atoms with Gasteiger partial charge in [0.2, 0.25) is 0 Å². The number of aromatic carboxylic acids is 1. The molecule has 1 aromatic heterocycles. The Morgan fingerprint density at radius 1 is 1.50 bits per heavy atom. The van der Waals surface area contributed by atoms with Crippen LogP contribution >= 0.6 is 0 Å². The molecule has 0 unspecified atom stereocenters. The molecule has 0 saturated heterocycles. The van der Waals surface area contributed by atoms with Crippen LogP contribution < -0.4 is 0 Å². The first-order valence-electron chi connectivity index (χ1n) is 5.54. The molecule has 2 rings (SSSR count). The Kier molecular flexibility index (Phi) is 3.04. The molecule has 0 bridgehead atoms. The van der Waals surface area contributed by atoms with Crippen molar-refractivity contribution in [3.05, 3.63) is 23.8 Å². The fourth-order valence-corrected chi connectivity index (χ4v) is 1.98. The second kappa shape index (κ2) is 4.38. The number of rotatable bonds is 4. The van der Waals surface area contributed by atoms with Crippen LogP contribution in [0.4, 0.5) is 0 Å². The minimum atomic E-state index is -0.989. The largest absolute Gasteiger partial charge is 0.478 e. The van der Waals surface area contributed by atoms with Crippen molar-refractivity contribution < 1.29 is 14.6 Å². The Labute approximate surface area is 104 Å². The summed E-state index contributed by atoms with van der Waals surface area (Å²) in [5, 5.41) is 17.3. The van der Waals surface area contributed by atoms with Crippen LogP contribution in [0.15, 0.2) is 18.2 Å². The van der Waals surface area contributed by atoms with E-state index in [4.69, 9.17) is 4.74 Å². The second-order valence-corrected chi connectivity index (χ2v) is 4.73. The molecule has 0 radical (unpaired) electrons. The quantitative estimate of drug-likeness (QED) is 0.888. The van der Waals surface area contributed by atoms with Gasteiger partial charge in [0.1, 0.15) is 11.0 Å². The van der Waals surface area contributed by atoms with Crippen LogP contribution in [0.5, 0.6) is 0 Å². The van der Waals surface area contributed by atoms with E-state index >= 15 is 0 Å². The van der Waals surface area contributed by atoms with Gasteiger partial charge in [0, 0.05) is 7.11 Å². The fraction of sp³-hybridized carbons (Fsp3) is 0.417. The van der Waals surface area contributed by atoms with Crippen molar-refractivity contribution >= 4 is 17.0 Å². The number of aromatic nitrogens is 3. The van der Waals surface area contributed by atoms with E-state index in [9.17, 15) is 9.90 Å². The molecule has 18 heavy (non-hydrogen) atoms. The molecule has 1 heterocycles. The van der Waals surface area contributed by atoms with E-state index in [1.807, 2.05) is 13.8 Å². The van der Waals surface area contributed by atoms with Crippen LogP contribution in [-0.2, 0) is 10.3 Å². The number of carboxylic acid groups (broad SMARTS) is 1. The summed E-state index contributed by atoms with van der Waals surface area (Å²) < 4.78 is 6.75. The predicted molar refractivity (Wildman–Crippen MR) is 65.7 cm³/mol. The van der Waals surface area contributed by atoms with E-state index in [2.05, 4.69) is 10.3 Å². The smallest absolute Gasteiger partial charge is 0.337 e. The molecule has 96 valence electrons. The van der Waals surface area contributed by atoms with Gasteiger partial charge in [-0.15, -0.1) is 5.10 Å². The Hall–Kier alpha value is -1.95. The zero-order chi connectivity index (χ0) is 13.3. The molecule has 6 nitrogen and oxygen atoms in total. The molecular formula is C12H15N3O3. The number of carbonyl (C=O) groups is 1. The zero-order valence-electron chi connectivity index (χ0n) is 10.5. The molecule has 0 spiro atoms. The van der Waals surface area contributed by atoms with Gasteiger partial charge in [0.25, 0.3) is 0 Å². The maximum Gasteiger partial charge on any atom is 0.337 e. The van der Waals surface area contributed by atoms with Crippen molar-refractivity contribution in [3.8, 4) is 0 Å². The van der Waals surface area contributed by atoms with Crippen LogP contribution in [0.1, 0.15) is 24.2 Å². The highest BCUT2D eigenvalue weighted by atomic mass is 16.5. The first-order chi connectivity index (χ1) is 8.47. The van der Waals surface area contributed by atoms with E-state index in [0.717, 1.165) is 0 Å². The van der Waals surface area contributed by atoms with Gasteiger partial charge < -0.3 is 9.84 Å². The highest BCUT2D eigenvalue weighted by Crippen LogP contribution is 2.23. The van der Waals surface area contributed by atoms with Crippen LogP contribution in [0.25, 0.3) is 11.0 Å². The van der Waals surface area contributed by atoms with E-state index in [1.54, 1.807) is 30.0 Å². The average Bonchev–Trinajstić information content (AvgIpc) is 2.72. The molecule has 0 aliphatic carbocycles. The van der Waals surface area contributed by atoms with Gasteiger partial charge in [0.15, 0.2) is 0 Å². The molecule has 0 aliphatic heterocycles. The van der Waals surface area contributed by atoms with Gasteiger partial charge >= 0.3 is 5.97 Å². The molecule has 2 aromatic rings. The van der Waals surface area contributed by atoms with Crippen molar-refractivity contribution in [1.29, 1.82) is 0 Å². The zero-order valence-corrected chi connectivity index (χ0v) is 10.5. The van der Waals surface area contributed by atoms with Crippen molar-refractivity contribution in [3.63, 3.8) is 0 Å². The average molecular weight is 249 g/mol. The van der Waals surface area contributed by atoms with Crippen LogP contribution in [0.3, 0.4) is 0 Å². The number of hydrogen-bond donors (Lipinski definition) is 1. The number of hydrogen-bond acceptors (Lipinski definition) is 4. The molecule has 0 fully saturated rings. The minimum Gasteiger partial charge on any atom is -0.478 e. The van der Waals surface area contributed by atoms with Gasteiger partial charge in [0.05, 0.1) is 17.7 Å². The summed E-state index contributed by atoms with van der Waals surface area (Å²) in [6.45, 7) is 4.26. The maximum atomic E-state index is 11.2. The summed E-state index contributed by atoms with van der Waals surface area (Å²) >= 11 is 0. The summed E-state index contributed by atoms with van der Waals surface area (Å²) in [5.74, 6) is -0.989. The predicted octanol–water partition coefficient (Wildman–Crippen LogP) is 1.51. The summed E-state index contributed by atoms with van der Waals surface area (Å²) in [5.41, 5.74) is 0.822. The van der Waals surface area contributed by atoms with E-state index in [0.29, 0.717) is 17.6 Å². The molecule has 0 atom stereocenters. The standard InChI is InChI=1S/C12H15N3O3/c1-12(2,7-18-3)15-10-8(11(16)17)5-4-6-9(10)13-14-15/h4-6H,7H2,1-3H3,(H,16,17).